The third-order valence-electron chi connectivity index (χ3n) is 6.42. The molecule has 1 saturated heterocycles. The molecule has 4 amide bonds. The first-order valence-corrected chi connectivity index (χ1v) is 13.0. The number of hydrogen-bond donors (Lipinski definition) is 2. The van der Waals surface area contributed by atoms with Gasteiger partial charge in [-0.05, 0) is 76.6 Å². The Labute approximate surface area is 219 Å². The maximum Gasteiger partial charge on any atom is 0.317 e. The van der Waals surface area contributed by atoms with Crippen LogP contribution in [0.4, 0.5) is 16.2 Å². The number of nitrogens with one attached hydrogen (secondary N) is 2. The first-order chi connectivity index (χ1) is 17.8. The summed E-state index contributed by atoms with van der Waals surface area (Å²) in [4.78, 5) is 44.7. The molecule has 0 spiro atoms. The summed E-state index contributed by atoms with van der Waals surface area (Å²) < 4.78 is 5.17. The summed E-state index contributed by atoms with van der Waals surface area (Å²) in [7, 11) is 1.58. The monoisotopic (exact) mass is 509 g/mol. The second kappa shape index (κ2) is 13.0. The van der Waals surface area contributed by atoms with Crippen molar-refractivity contribution in [3.8, 4) is 5.75 Å². The molecule has 200 valence electrons. The van der Waals surface area contributed by atoms with E-state index in [2.05, 4.69) is 15.5 Å². The number of ether oxygens (including phenoxy) is 1. The van der Waals surface area contributed by atoms with E-state index in [1.54, 1.807) is 42.3 Å². The number of hydrogen-bond acceptors (Lipinski definition) is 5. The number of carbonyl (C=O) groups excluding carboxylic acids is 3. The van der Waals surface area contributed by atoms with Crippen LogP contribution in [0.2, 0.25) is 0 Å². The number of carbonyl (C=O) groups is 3. The molecule has 0 atom stereocenters. The van der Waals surface area contributed by atoms with Gasteiger partial charge in [-0.2, -0.15) is 0 Å². The van der Waals surface area contributed by atoms with E-state index in [0.717, 1.165) is 18.7 Å². The molecule has 2 aromatic rings. The highest BCUT2D eigenvalue weighted by Gasteiger charge is 2.25. The van der Waals surface area contributed by atoms with Crippen molar-refractivity contribution in [1.29, 1.82) is 0 Å². The van der Waals surface area contributed by atoms with Crippen LogP contribution in [0.3, 0.4) is 0 Å². The molecule has 0 bridgehead atoms. The predicted octanol–water partition coefficient (Wildman–Crippen LogP) is 4.06. The fraction of sp³-hybridized carbons (Fsp3) is 0.464. The first-order valence-electron chi connectivity index (χ1n) is 13.0. The number of methoxy groups -OCH3 is 1. The Morgan fingerprint density at radius 3 is 2.30 bits per heavy atom. The van der Waals surface area contributed by atoms with Crippen LogP contribution < -0.4 is 20.3 Å². The van der Waals surface area contributed by atoms with Gasteiger partial charge in [0.05, 0.1) is 12.7 Å². The standard InChI is InChI=1S/C28H39N5O4/c1-6-31(7-2)27(35)24-19-22(30-26(34)21-9-12-23(37-5)13-10-21)11-14-25(24)32-15-8-16-33(18-17-32)28(36)29-20(3)4/h9-14,19-20H,6-8,15-18H2,1-5H3,(H,29,36)(H,30,34). The molecule has 1 aliphatic rings. The normalized spacial score (nSPS) is 13.7. The Hall–Kier alpha value is -3.75. The van der Waals surface area contributed by atoms with Crippen LogP contribution in [-0.2, 0) is 0 Å². The van der Waals surface area contributed by atoms with Gasteiger partial charge in [-0.25, -0.2) is 4.79 Å². The van der Waals surface area contributed by atoms with E-state index in [1.807, 2.05) is 44.7 Å². The fourth-order valence-corrected chi connectivity index (χ4v) is 4.39. The summed E-state index contributed by atoms with van der Waals surface area (Å²) in [6.45, 7) is 11.5. The molecule has 0 radical (unpaired) electrons. The Kier molecular flexibility index (Phi) is 9.77. The zero-order chi connectivity index (χ0) is 26.9. The lowest BCUT2D eigenvalue weighted by Gasteiger charge is -2.28. The van der Waals surface area contributed by atoms with Crippen molar-refractivity contribution in [1.82, 2.24) is 15.1 Å². The molecular weight excluding hydrogens is 470 g/mol. The van der Waals surface area contributed by atoms with E-state index in [4.69, 9.17) is 4.74 Å². The summed E-state index contributed by atoms with van der Waals surface area (Å²) in [6.07, 6.45) is 0.792. The summed E-state index contributed by atoms with van der Waals surface area (Å²) >= 11 is 0. The van der Waals surface area contributed by atoms with E-state index in [9.17, 15) is 14.4 Å². The van der Waals surface area contributed by atoms with Crippen LogP contribution in [0.5, 0.6) is 5.75 Å². The van der Waals surface area contributed by atoms with Crippen LogP contribution in [0, 0.1) is 0 Å². The number of anilines is 2. The number of urea groups is 1. The molecule has 2 N–H and O–H groups in total. The summed E-state index contributed by atoms with van der Waals surface area (Å²) in [6, 6.07) is 12.3. The molecule has 9 heteroatoms. The molecule has 1 heterocycles. The van der Waals surface area contributed by atoms with Crippen LogP contribution in [0.15, 0.2) is 42.5 Å². The van der Waals surface area contributed by atoms with Crippen LogP contribution in [0.25, 0.3) is 0 Å². The van der Waals surface area contributed by atoms with Crippen molar-refractivity contribution in [2.75, 3.05) is 56.6 Å². The van der Waals surface area contributed by atoms with Crippen molar-refractivity contribution in [2.24, 2.45) is 0 Å². The van der Waals surface area contributed by atoms with Crippen molar-refractivity contribution in [2.45, 2.75) is 40.2 Å². The molecule has 3 rings (SSSR count). The lowest BCUT2D eigenvalue weighted by Crippen LogP contribution is -2.44. The summed E-state index contributed by atoms with van der Waals surface area (Å²) in [5.74, 6) is 0.322. The van der Waals surface area contributed by atoms with Crippen LogP contribution in [0.1, 0.15) is 54.8 Å². The van der Waals surface area contributed by atoms with Gasteiger partial charge in [-0.15, -0.1) is 0 Å². The Balaban J connectivity index is 1.85. The average Bonchev–Trinajstić information content (AvgIpc) is 3.15. The zero-order valence-electron chi connectivity index (χ0n) is 22.5. The van der Waals surface area contributed by atoms with E-state index >= 15 is 0 Å². The number of rotatable bonds is 8. The van der Waals surface area contributed by atoms with Gasteiger partial charge >= 0.3 is 6.03 Å². The van der Waals surface area contributed by atoms with Gasteiger partial charge in [0.1, 0.15) is 5.75 Å². The van der Waals surface area contributed by atoms with E-state index in [-0.39, 0.29) is 23.9 Å². The lowest BCUT2D eigenvalue weighted by atomic mass is 10.1. The zero-order valence-corrected chi connectivity index (χ0v) is 22.5. The molecule has 1 fully saturated rings. The van der Waals surface area contributed by atoms with Crippen LogP contribution in [-0.4, -0.2) is 80.1 Å². The van der Waals surface area contributed by atoms with Gasteiger partial charge in [0, 0.05) is 62.2 Å². The molecule has 9 nitrogen and oxygen atoms in total. The SMILES string of the molecule is CCN(CC)C(=O)c1cc(NC(=O)c2ccc(OC)cc2)ccc1N1CCCN(C(=O)NC(C)C)CC1. The molecule has 0 aromatic heterocycles. The quantitative estimate of drug-likeness (QED) is 0.560. The van der Waals surface area contributed by atoms with Crippen molar-refractivity contribution < 1.29 is 19.1 Å². The first kappa shape index (κ1) is 27.8. The maximum atomic E-state index is 13.5. The Morgan fingerprint density at radius 1 is 0.973 bits per heavy atom. The molecule has 0 saturated carbocycles. The molecule has 1 aliphatic heterocycles. The van der Waals surface area contributed by atoms with Crippen molar-refractivity contribution in [3.63, 3.8) is 0 Å². The van der Waals surface area contributed by atoms with Gasteiger partial charge in [0.25, 0.3) is 11.8 Å². The van der Waals surface area contributed by atoms with Gasteiger partial charge < -0.3 is 30.1 Å². The van der Waals surface area contributed by atoms with Crippen molar-refractivity contribution >= 4 is 29.2 Å². The number of nitrogens with zero attached hydrogens (tertiary/aromatic N) is 3. The minimum Gasteiger partial charge on any atom is -0.497 e. The summed E-state index contributed by atoms with van der Waals surface area (Å²) in [5, 5.41) is 5.88. The number of amides is 4. The maximum absolute atomic E-state index is 13.5. The molecule has 37 heavy (non-hydrogen) atoms. The number of benzene rings is 2. The second-order valence-corrected chi connectivity index (χ2v) is 9.32. The van der Waals surface area contributed by atoms with E-state index in [0.29, 0.717) is 55.3 Å². The second-order valence-electron chi connectivity index (χ2n) is 9.32. The highest BCUT2D eigenvalue weighted by atomic mass is 16.5. The molecule has 0 unspecified atom stereocenters. The smallest absolute Gasteiger partial charge is 0.317 e. The minimum absolute atomic E-state index is 0.0621. The predicted molar refractivity (Wildman–Crippen MR) is 147 cm³/mol. The van der Waals surface area contributed by atoms with Crippen molar-refractivity contribution in [3.05, 3.63) is 53.6 Å². The Bertz CT molecular complexity index is 1080. The Morgan fingerprint density at radius 2 is 1.68 bits per heavy atom. The highest BCUT2D eigenvalue weighted by Crippen LogP contribution is 2.28. The third kappa shape index (κ3) is 7.15. The van der Waals surface area contributed by atoms with Gasteiger partial charge in [0.2, 0.25) is 0 Å². The average molecular weight is 510 g/mol. The molecule has 2 aromatic carbocycles. The lowest BCUT2D eigenvalue weighted by molar-refractivity contribution is 0.0773. The summed E-state index contributed by atoms with van der Waals surface area (Å²) in [5.41, 5.74) is 2.39. The fourth-order valence-electron chi connectivity index (χ4n) is 4.39. The van der Waals surface area contributed by atoms with Gasteiger partial charge in [-0.1, -0.05) is 0 Å². The van der Waals surface area contributed by atoms with Crippen LogP contribution >= 0.6 is 0 Å². The molecule has 0 aliphatic carbocycles. The van der Waals surface area contributed by atoms with E-state index < -0.39 is 0 Å². The minimum atomic E-state index is -0.266. The van der Waals surface area contributed by atoms with Gasteiger partial charge in [-0.3, -0.25) is 9.59 Å². The largest absolute Gasteiger partial charge is 0.497 e. The molecular formula is C28H39N5O4. The topological polar surface area (TPSA) is 94.2 Å². The third-order valence-corrected chi connectivity index (χ3v) is 6.42. The highest BCUT2D eigenvalue weighted by molar-refractivity contribution is 6.06. The van der Waals surface area contributed by atoms with Gasteiger partial charge in [0.15, 0.2) is 0 Å². The van der Waals surface area contributed by atoms with E-state index in [1.165, 1.54) is 0 Å².